The number of methoxy groups -OCH3 is 1. The topological polar surface area (TPSA) is 81.4 Å². The van der Waals surface area contributed by atoms with E-state index in [0.29, 0.717) is 12.1 Å². The summed E-state index contributed by atoms with van der Waals surface area (Å²) in [5.41, 5.74) is 7.40. The monoisotopic (exact) mass is 222 g/mol. The van der Waals surface area contributed by atoms with Crippen LogP contribution in [-0.2, 0) is 11.3 Å². The van der Waals surface area contributed by atoms with Gasteiger partial charge in [0.25, 0.3) is 0 Å². The van der Waals surface area contributed by atoms with E-state index < -0.39 is 12.0 Å². The van der Waals surface area contributed by atoms with Crippen LogP contribution in [0.4, 0.5) is 4.79 Å². The van der Waals surface area contributed by atoms with Gasteiger partial charge in [-0.25, -0.2) is 4.79 Å². The Bertz CT molecular complexity index is 416. The van der Waals surface area contributed by atoms with E-state index >= 15 is 0 Å². The molecule has 0 fully saturated rings. The van der Waals surface area contributed by atoms with E-state index in [1.807, 2.05) is 6.92 Å². The summed E-state index contributed by atoms with van der Waals surface area (Å²) < 4.78 is 4.45. The summed E-state index contributed by atoms with van der Waals surface area (Å²) in [7, 11) is 1.29. The van der Waals surface area contributed by atoms with Crippen molar-refractivity contribution < 1.29 is 14.3 Å². The number of nitrogens with one attached hydrogen (secondary N) is 1. The molecule has 0 aromatic heterocycles. The summed E-state index contributed by atoms with van der Waals surface area (Å²) in [6, 6.07) is 5.10. The molecule has 1 aromatic carbocycles. The quantitative estimate of drug-likeness (QED) is 0.798. The lowest BCUT2D eigenvalue weighted by molar-refractivity contribution is 0.1000. The summed E-state index contributed by atoms with van der Waals surface area (Å²) in [6.07, 6.45) is -0.510. The van der Waals surface area contributed by atoms with E-state index in [9.17, 15) is 9.59 Å². The number of rotatable bonds is 3. The summed E-state index contributed by atoms with van der Waals surface area (Å²) in [6.45, 7) is 2.19. The van der Waals surface area contributed by atoms with Gasteiger partial charge in [-0.2, -0.15) is 0 Å². The smallest absolute Gasteiger partial charge is 0.407 e. The molecule has 0 radical (unpaired) electrons. The van der Waals surface area contributed by atoms with Gasteiger partial charge >= 0.3 is 6.09 Å². The van der Waals surface area contributed by atoms with Gasteiger partial charge in [0.15, 0.2) is 0 Å². The molecule has 0 unspecified atom stereocenters. The van der Waals surface area contributed by atoms with Crippen molar-refractivity contribution in [1.82, 2.24) is 5.32 Å². The molecular formula is C11H14N2O3. The number of hydrogen-bond donors (Lipinski definition) is 2. The van der Waals surface area contributed by atoms with Crippen LogP contribution in [0.1, 0.15) is 21.5 Å². The highest BCUT2D eigenvalue weighted by molar-refractivity contribution is 5.93. The van der Waals surface area contributed by atoms with Crippen molar-refractivity contribution in [3.8, 4) is 0 Å². The third-order valence-electron chi connectivity index (χ3n) is 2.24. The number of hydrogen-bond acceptors (Lipinski definition) is 3. The van der Waals surface area contributed by atoms with Crippen LogP contribution in [0, 0.1) is 6.92 Å². The number of ether oxygens (including phenoxy) is 1. The van der Waals surface area contributed by atoms with Gasteiger partial charge in [0, 0.05) is 12.1 Å². The van der Waals surface area contributed by atoms with Gasteiger partial charge in [0.2, 0.25) is 5.91 Å². The normalized spacial score (nSPS) is 9.62. The molecule has 0 aliphatic carbocycles. The lowest BCUT2D eigenvalue weighted by Gasteiger charge is -2.08. The Hall–Kier alpha value is -2.04. The van der Waals surface area contributed by atoms with Crippen LogP contribution in [-0.4, -0.2) is 19.1 Å². The molecule has 2 amide bonds. The van der Waals surface area contributed by atoms with E-state index in [4.69, 9.17) is 5.73 Å². The Morgan fingerprint density at radius 2 is 2.12 bits per heavy atom. The Balaban J connectivity index is 2.82. The SMILES string of the molecule is COC(=O)NCc1cc(C(N)=O)ccc1C. The lowest BCUT2D eigenvalue weighted by Crippen LogP contribution is -2.23. The summed E-state index contributed by atoms with van der Waals surface area (Å²) in [5, 5.41) is 2.54. The average Bonchev–Trinajstić information content (AvgIpc) is 2.27. The molecule has 0 saturated carbocycles. The van der Waals surface area contributed by atoms with Crippen molar-refractivity contribution in [1.29, 1.82) is 0 Å². The van der Waals surface area contributed by atoms with Crippen molar-refractivity contribution in [2.24, 2.45) is 5.73 Å². The second-order valence-electron chi connectivity index (χ2n) is 3.35. The number of benzene rings is 1. The number of carbonyl (C=O) groups is 2. The van der Waals surface area contributed by atoms with Crippen LogP contribution >= 0.6 is 0 Å². The van der Waals surface area contributed by atoms with E-state index in [0.717, 1.165) is 11.1 Å². The predicted octanol–water partition coefficient (Wildman–Crippen LogP) is 0.950. The van der Waals surface area contributed by atoms with Crippen LogP contribution in [0.3, 0.4) is 0 Å². The van der Waals surface area contributed by atoms with Crippen LogP contribution < -0.4 is 11.1 Å². The van der Waals surface area contributed by atoms with Gasteiger partial charge in [0.1, 0.15) is 0 Å². The van der Waals surface area contributed by atoms with Gasteiger partial charge in [0.05, 0.1) is 7.11 Å². The van der Waals surface area contributed by atoms with Crippen molar-refractivity contribution in [3.05, 3.63) is 34.9 Å². The van der Waals surface area contributed by atoms with Gasteiger partial charge in [-0.05, 0) is 30.2 Å². The molecule has 1 aromatic rings. The molecule has 0 spiro atoms. The average molecular weight is 222 g/mol. The molecule has 16 heavy (non-hydrogen) atoms. The second kappa shape index (κ2) is 5.16. The highest BCUT2D eigenvalue weighted by atomic mass is 16.5. The molecule has 0 aliphatic rings. The van der Waals surface area contributed by atoms with Crippen molar-refractivity contribution in [2.45, 2.75) is 13.5 Å². The van der Waals surface area contributed by atoms with Gasteiger partial charge in [-0.15, -0.1) is 0 Å². The first-order valence-electron chi connectivity index (χ1n) is 4.75. The molecule has 86 valence electrons. The maximum absolute atomic E-state index is 11.0. The third kappa shape index (κ3) is 2.98. The van der Waals surface area contributed by atoms with Gasteiger partial charge < -0.3 is 15.8 Å². The number of amides is 2. The number of aryl methyl sites for hydroxylation is 1. The largest absolute Gasteiger partial charge is 0.453 e. The molecule has 0 saturated heterocycles. The van der Waals surface area contributed by atoms with E-state index in [1.54, 1.807) is 18.2 Å². The molecule has 0 bridgehead atoms. The fourth-order valence-corrected chi connectivity index (χ4v) is 1.25. The highest BCUT2D eigenvalue weighted by Crippen LogP contribution is 2.10. The van der Waals surface area contributed by atoms with Crippen LogP contribution in [0.2, 0.25) is 0 Å². The lowest BCUT2D eigenvalue weighted by atomic mass is 10.0. The standard InChI is InChI=1S/C11H14N2O3/c1-7-3-4-8(10(12)14)5-9(7)6-13-11(15)16-2/h3-5H,6H2,1-2H3,(H2,12,14)(H,13,15). The highest BCUT2D eigenvalue weighted by Gasteiger charge is 2.06. The molecule has 0 heterocycles. The second-order valence-corrected chi connectivity index (χ2v) is 3.35. The molecule has 3 N–H and O–H groups in total. The predicted molar refractivity (Wildman–Crippen MR) is 58.9 cm³/mol. The third-order valence-corrected chi connectivity index (χ3v) is 2.24. The first-order chi connectivity index (χ1) is 7.54. The molecule has 5 nitrogen and oxygen atoms in total. The Morgan fingerprint density at radius 3 is 2.69 bits per heavy atom. The summed E-state index contributed by atoms with van der Waals surface area (Å²) in [4.78, 5) is 21.9. The number of primary amides is 1. The van der Waals surface area contributed by atoms with E-state index in [2.05, 4.69) is 10.1 Å². The van der Waals surface area contributed by atoms with Crippen LogP contribution in [0.15, 0.2) is 18.2 Å². The Labute approximate surface area is 93.6 Å². The zero-order valence-electron chi connectivity index (χ0n) is 9.24. The first-order valence-corrected chi connectivity index (χ1v) is 4.75. The van der Waals surface area contributed by atoms with E-state index in [-0.39, 0.29) is 0 Å². The van der Waals surface area contributed by atoms with Gasteiger partial charge in [-0.3, -0.25) is 4.79 Å². The number of carbonyl (C=O) groups excluding carboxylic acids is 2. The van der Waals surface area contributed by atoms with Crippen LogP contribution in [0.25, 0.3) is 0 Å². The van der Waals surface area contributed by atoms with Crippen molar-refractivity contribution >= 4 is 12.0 Å². The minimum Gasteiger partial charge on any atom is -0.453 e. The summed E-state index contributed by atoms with van der Waals surface area (Å²) >= 11 is 0. The molecule has 0 atom stereocenters. The minimum absolute atomic E-state index is 0.305. The Kier molecular flexibility index (Phi) is 3.88. The van der Waals surface area contributed by atoms with Crippen molar-refractivity contribution in [2.75, 3.05) is 7.11 Å². The maximum Gasteiger partial charge on any atom is 0.407 e. The van der Waals surface area contributed by atoms with E-state index in [1.165, 1.54) is 7.11 Å². The van der Waals surface area contributed by atoms with Crippen LogP contribution in [0.5, 0.6) is 0 Å². The number of nitrogens with two attached hydrogens (primary N) is 1. The zero-order valence-corrected chi connectivity index (χ0v) is 9.24. The maximum atomic E-state index is 11.0. The molecule has 5 heteroatoms. The fourth-order valence-electron chi connectivity index (χ4n) is 1.25. The van der Waals surface area contributed by atoms with Crippen molar-refractivity contribution in [3.63, 3.8) is 0 Å². The number of alkyl carbamates (subject to hydrolysis) is 1. The first kappa shape index (κ1) is 12.0. The molecule has 1 rings (SSSR count). The van der Waals surface area contributed by atoms with Gasteiger partial charge in [-0.1, -0.05) is 6.07 Å². The summed E-state index contributed by atoms with van der Waals surface area (Å²) in [5.74, 6) is -0.487. The zero-order chi connectivity index (χ0) is 12.1. The fraction of sp³-hybridized carbons (Fsp3) is 0.273. The minimum atomic E-state index is -0.510. The molecule has 0 aliphatic heterocycles. The Morgan fingerprint density at radius 1 is 1.44 bits per heavy atom. The molecular weight excluding hydrogens is 208 g/mol.